The molecule has 0 unspecified atom stereocenters. The minimum absolute atomic E-state index is 0.0528. The maximum atomic E-state index is 12.3. The van der Waals surface area contributed by atoms with Gasteiger partial charge in [-0.05, 0) is 43.4 Å². The Balaban J connectivity index is 1.48. The summed E-state index contributed by atoms with van der Waals surface area (Å²) in [6, 6.07) is 19.7. The van der Waals surface area contributed by atoms with E-state index < -0.39 is 5.66 Å². The van der Waals surface area contributed by atoms with E-state index in [2.05, 4.69) is 5.32 Å². The summed E-state index contributed by atoms with van der Waals surface area (Å²) in [4.78, 5) is 12.3. The summed E-state index contributed by atoms with van der Waals surface area (Å²) in [6.07, 6.45) is 3.02. The minimum atomic E-state index is -0.447. The molecule has 2 aromatic rings. The molecule has 1 aliphatic rings. The van der Waals surface area contributed by atoms with Crippen LogP contribution in [0, 0.1) is 5.92 Å². The first kappa shape index (κ1) is 16.5. The monoisotopic (exact) mass is 324 g/mol. The van der Waals surface area contributed by atoms with Crippen LogP contribution in [0.25, 0.3) is 0 Å². The number of carbonyl (C=O) groups excluding carboxylic acids is 1. The number of rotatable bonds is 5. The Morgan fingerprint density at radius 1 is 1.04 bits per heavy atom. The Morgan fingerprint density at radius 2 is 1.62 bits per heavy atom. The Hall–Kier alpha value is -2.33. The van der Waals surface area contributed by atoms with Crippen molar-refractivity contribution in [2.24, 2.45) is 11.7 Å². The first-order valence-corrected chi connectivity index (χ1v) is 8.47. The van der Waals surface area contributed by atoms with E-state index in [4.69, 9.17) is 10.5 Å². The second-order valence-corrected chi connectivity index (χ2v) is 6.51. The largest absolute Gasteiger partial charge is 0.461 e. The number of anilines is 1. The molecule has 24 heavy (non-hydrogen) atoms. The summed E-state index contributed by atoms with van der Waals surface area (Å²) in [5.74, 6) is -0.163. The maximum absolute atomic E-state index is 12.3. The van der Waals surface area contributed by atoms with Crippen molar-refractivity contribution in [3.63, 3.8) is 0 Å². The summed E-state index contributed by atoms with van der Waals surface area (Å²) < 4.78 is 5.45. The van der Waals surface area contributed by atoms with Crippen LogP contribution in [0.15, 0.2) is 60.7 Å². The highest BCUT2D eigenvalue weighted by Crippen LogP contribution is 2.32. The molecule has 1 aliphatic carbocycles. The maximum Gasteiger partial charge on any atom is 0.309 e. The third kappa shape index (κ3) is 4.36. The van der Waals surface area contributed by atoms with Gasteiger partial charge in [-0.15, -0.1) is 0 Å². The summed E-state index contributed by atoms with van der Waals surface area (Å²) in [5.41, 5.74) is 8.04. The minimum Gasteiger partial charge on any atom is -0.461 e. The lowest BCUT2D eigenvalue weighted by molar-refractivity contribution is -0.151. The lowest BCUT2D eigenvalue weighted by Gasteiger charge is -2.37. The van der Waals surface area contributed by atoms with Crippen molar-refractivity contribution in [2.45, 2.75) is 38.0 Å². The van der Waals surface area contributed by atoms with Gasteiger partial charge in [0.05, 0.1) is 11.6 Å². The zero-order valence-corrected chi connectivity index (χ0v) is 13.8. The number of hydrogen-bond donors (Lipinski definition) is 2. The van der Waals surface area contributed by atoms with E-state index in [1.807, 2.05) is 60.7 Å². The first-order valence-electron chi connectivity index (χ1n) is 8.47. The van der Waals surface area contributed by atoms with Gasteiger partial charge >= 0.3 is 5.97 Å². The van der Waals surface area contributed by atoms with Gasteiger partial charge in [0.15, 0.2) is 0 Å². The number of para-hydroxylation sites is 1. The first-order chi connectivity index (χ1) is 11.6. The van der Waals surface area contributed by atoms with E-state index in [1.165, 1.54) is 0 Å². The fourth-order valence-corrected chi connectivity index (χ4v) is 3.15. The van der Waals surface area contributed by atoms with Crippen LogP contribution in [0.1, 0.15) is 31.2 Å². The fourth-order valence-electron chi connectivity index (χ4n) is 3.15. The van der Waals surface area contributed by atoms with Crippen molar-refractivity contribution in [2.75, 3.05) is 5.32 Å². The number of nitrogens with one attached hydrogen (secondary N) is 1. The molecule has 3 N–H and O–H groups in total. The van der Waals surface area contributed by atoms with Crippen molar-refractivity contribution in [1.82, 2.24) is 0 Å². The summed E-state index contributed by atoms with van der Waals surface area (Å²) >= 11 is 0. The van der Waals surface area contributed by atoms with Gasteiger partial charge in [-0.25, -0.2) is 0 Å². The highest BCUT2D eigenvalue weighted by molar-refractivity contribution is 5.72. The highest BCUT2D eigenvalue weighted by atomic mass is 16.5. The van der Waals surface area contributed by atoms with E-state index >= 15 is 0 Å². The number of hydrogen-bond acceptors (Lipinski definition) is 4. The molecular weight excluding hydrogens is 300 g/mol. The number of ether oxygens (including phenoxy) is 1. The van der Waals surface area contributed by atoms with Crippen molar-refractivity contribution < 1.29 is 9.53 Å². The van der Waals surface area contributed by atoms with Crippen molar-refractivity contribution in [3.8, 4) is 0 Å². The quantitative estimate of drug-likeness (QED) is 0.650. The third-order valence-corrected chi connectivity index (χ3v) is 4.60. The lowest BCUT2D eigenvalue weighted by Crippen LogP contribution is -2.51. The van der Waals surface area contributed by atoms with Gasteiger partial charge in [-0.1, -0.05) is 48.5 Å². The Labute approximate surface area is 143 Å². The van der Waals surface area contributed by atoms with Gasteiger partial charge in [0, 0.05) is 5.69 Å². The van der Waals surface area contributed by atoms with Crippen LogP contribution >= 0.6 is 0 Å². The molecule has 126 valence electrons. The van der Waals surface area contributed by atoms with Gasteiger partial charge in [0.1, 0.15) is 6.61 Å². The number of carbonyl (C=O) groups is 1. The average Bonchev–Trinajstić information content (AvgIpc) is 2.62. The predicted molar refractivity (Wildman–Crippen MR) is 95.2 cm³/mol. The highest BCUT2D eigenvalue weighted by Gasteiger charge is 2.35. The van der Waals surface area contributed by atoms with Crippen LogP contribution in [0.2, 0.25) is 0 Å². The van der Waals surface area contributed by atoms with Gasteiger partial charge in [-0.2, -0.15) is 0 Å². The summed E-state index contributed by atoms with van der Waals surface area (Å²) in [5, 5.41) is 3.40. The zero-order chi connectivity index (χ0) is 16.8. The van der Waals surface area contributed by atoms with Crippen LogP contribution in [0.3, 0.4) is 0 Å². The second kappa shape index (κ2) is 7.49. The van der Waals surface area contributed by atoms with Gasteiger partial charge < -0.3 is 15.8 Å². The van der Waals surface area contributed by atoms with Gasteiger partial charge in [0.25, 0.3) is 0 Å². The topological polar surface area (TPSA) is 64.3 Å². The smallest absolute Gasteiger partial charge is 0.309 e. The normalized spacial score (nSPS) is 23.5. The molecule has 0 spiro atoms. The van der Waals surface area contributed by atoms with E-state index in [-0.39, 0.29) is 11.9 Å². The standard InChI is InChI=1S/C20H24N2O2/c21-20(22-18-9-5-2-6-10-18)13-11-17(12-14-20)19(23)24-15-16-7-3-1-4-8-16/h1-10,17,22H,11-15,21H2. The van der Waals surface area contributed by atoms with Crippen LogP contribution < -0.4 is 11.1 Å². The van der Waals surface area contributed by atoms with E-state index in [9.17, 15) is 4.79 Å². The molecule has 3 rings (SSSR count). The number of nitrogens with two attached hydrogens (primary N) is 1. The molecule has 0 saturated heterocycles. The van der Waals surface area contributed by atoms with Gasteiger partial charge in [-0.3, -0.25) is 4.79 Å². The molecule has 0 bridgehead atoms. The average molecular weight is 324 g/mol. The molecular formula is C20H24N2O2. The molecule has 0 atom stereocenters. The number of benzene rings is 2. The molecule has 1 saturated carbocycles. The summed E-state index contributed by atoms with van der Waals surface area (Å²) in [7, 11) is 0. The Morgan fingerprint density at radius 3 is 2.25 bits per heavy atom. The van der Waals surface area contributed by atoms with E-state index in [0.717, 1.165) is 36.9 Å². The molecule has 0 aromatic heterocycles. The molecule has 2 aromatic carbocycles. The molecule has 0 aliphatic heterocycles. The summed E-state index contributed by atoms with van der Waals surface area (Å²) in [6.45, 7) is 0.339. The lowest BCUT2D eigenvalue weighted by atomic mass is 9.82. The molecule has 4 heteroatoms. The van der Waals surface area contributed by atoms with E-state index in [0.29, 0.717) is 6.61 Å². The van der Waals surface area contributed by atoms with Crippen LogP contribution in [0.4, 0.5) is 5.69 Å². The Kier molecular flexibility index (Phi) is 5.16. The second-order valence-electron chi connectivity index (χ2n) is 6.51. The molecule has 0 radical (unpaired) electrons. The van der Waals surface area contributed by atoms with Gasteiger partial charge in [0.2, 0.25) is 0 Å². The zero-order valence-electron chi connectivity index (χ0n) is 13.8. The molecule has 1 fully saturated rings. The van der Waals surface area contributed by atoms with Crippen LogP contribution in [-0.2, 0) is 16.1 Å². The predicted octanol–water partition coefficient (Wildman–Crippen LogP) is 3.69. The SMILES string of the molecule is NC1(Nc2ccccc2)CCC(C(=O)OCc2ccccc2)CC1. The van der Waals surface area contributed by atoms with Crippen molar-refractivity contribution in [1.29, 1.82) is 0 Å². The molecule has 0 amide bonds. The van der Waals surface area contributed by atoms with Crippen LogP contribution in [0.5, 0.6) is 0 Å². The Bertz CT molecular complexity index is 650. The van der Waals surface area contributed by atoms with Crippen molar-refractivity contribution in [3.05, 3.63) is 66.2 Å². The fraction of sp³-hybridized carbons (Fsp3) is 0.350. The number of esters is 1. The van der Waals surface area contributed by atoms with E-state index in [1.54, 1.807) is 0 Å². The third-order valence-electron chi connectivity index (χ3n) is 4.60. The molecule has 4 nitrogen and oxygen atoms in total. The molecule has 0 heterocycles. The van der Waals surface area contributed by atoms with Crippen molar-refractivity contribution >= 4 is 11.7 Å². The van der Waals surface area contributed by atoms with Crippen LogP contribution in [-0.4, -0.2) is 11.6 Å².